The molecule has 0 saturated heterocycles. The van der Waals surface area contributed by atoms with E-state index in [9.17, 15) is 14.7 Å². The number of alkyl carbamates (subject to hydrolysis) is 2. The lowest BCUT2D eigenvalue weighted by Crippen LogP contribution is -2.38. The maximum atomic E-state index is 11.3. The third-order valence-electron chi connectivity index (χ3n) is 6.80. The van der Waals surface area contributed by atoms with Gasteiger partial charge in [0.05, 0.1) is 22.4 Å². The molecule has 0 atom stereocenters. The van der Waals surface area contributed by atoms with E-state index in [0.29, 0.717) is 26.2 Å². The fraction of sp³-hybridized carbons (Fsp3) is 0.929. The van der Waals surface area contributed by atoms with Gasteiger partial charge in [-0.2, -0.15) is 0 Å². The van der Waals surface area contributed by atoms with Gasteiger partial charge in [0.15, 0.2) is 0 Å². The van der Waals surface area contributed by atoms with Gasteiger partial charge in [0.25, 0.3) is 0 Å². The highest BCUT2D eigenvalue weighted by molar-refractivity contribution is 5.85. The second-order valence-corrected chi connectivity index (χ2v) is 13.3. The molecule has 4 aliphatic carbocycles. The van der Waals surface area contributed by atoms with Gasteiger partial charge in [0.1, 0.15) is 11.2 Å². The van der Waals surface area contributed by atoms with Crippen molar-refractivity contribution in [3.05, 3.63) is 0 Å². The van der Waals surface area contributed by atoms with E-state index in [-0.39, 0.29) is 29.7 Å². The second kappa shape index (κ2) is 15.9. The molecule has 12 nitrogen and oxygen atoms in total. The number of rotatable bonds is 8. The normalized spacial score (nSPS) is 20.8. The molecule has 0 spiro atoms. The van der Waals surface area contributed by atoms with Crippen LogP contribution in [0.3, 0.4) is 0 Å². The van der Waals surface area contributed by atoms with Crippen LogP contribution in [0.5, 0.6) is 0 Å². The molecule has 2 amide bonds. The van der Waals surface area contributed by atoms with E-state index in [0.717, 1.165) is 51.4 Å². The number of hydrogen-bond donors (Lipinski definition) is 6. The first kappa shape index (κ1) is 39.6. The van der Waals surface area contributed by atoms with Gasteiger partial charge in [-0.1, -0.05) is 0 Å². The number of nitrogens with two attached hydrogens (primary N) is 2. The van der Waals surface area contributed by atoms with Crippen LogP contribution < -0.4 is 22.1 Å². The summed E-state index contributed by atoms with van der Waals surface area (Å²) >= 11 is 0. The third-order valence-corrected chi connectivity index (χ3v) is 6.80. The summed E-state index contributed by atoms with van der Waals surface area (Å²) in [5.41, 5.74) is 8.47. The van der Waals surface area contributed by atoms with Gasteiger partial charge in [-0.05, 0) is 92.9 Å². The van der Waals surface area contributed by atoms with Crippen LogP contribution >= 0.6 is 12.4 Å². The number of amides is 2. The molecule has 0 bridgehead atoms. The van der Waals surface area contributed by atoms with Gasteiger partial charge in [0.2, 0.25) is 0 Å². The topological polar surface area (TPSA) is 188 Å². The first-order valence-electron chi connectivity index (χ1n) is 14.2. The van der Waals surface area contributed by atoms with Crippen LogP contribution in [-0.4, -0.2) is 96.4 Å². The van der Waals surface area contributed by atoms with Crippen LogP contribution in [-0.2, 0) is 18.9 Å². The summed E-state index contributed by atoms with van der Waals surface area (Å²) in [6.07, 6.45) is 6.84. The van der Waals surface area contributed by atoms with Crippen molar-refractivity contribution in [1.29, 1.82) is 0 Å². The second-order valence-electron chi connectivity index (χ2n) is 13.3. The maximum absolute atomic E-state index is 11.3. The molecule has 0 unspecified atom stereocenters. The zero-order valence-electron chi connectivity index (χ0n) is 26.4. The lowest BCUT2D eigenvalue weighted by atomic mass is 10.2. The number of nitrogens with one attached hydrogen (secondary N) is 2. The zero-order valence-corrected chi connectivity index (χ0v) is 27.2. The Morgan fingerprint density at radius 1 is 0.659 bits per heavy atom. The maximum Gasteiger partial charge on any atom is 0.407 e. The van der Waals surface area contributed by atoms with Gasteiger partial charge in [-0.25, -0.2) is 9.59 Å². The zero-order chi connectivity index (χ0) is 30.9. The molecule has 4 aliphatic rings. The monoisotopic (exact) mass is 612 g/mol. The molecule has 8 N–H and O–H groups in total. The summed E-state index contributed by atoms with van der Waals surface area (Å²) in [6.45, 7) is 12.9. The molecular weight excluding hydrogens is 556 g/mol. The minimum atomic E-state index is -0.656. The quantitative estimate of drug-likeness (QED) is 0.238. The molecular formula is C28H57ClN4O8. The highest BCUT2D eigenvalue weighted by Gasteiger charge is 2.43. The van der Waals surface area contributed by atoms with E-state index in [4.69, 9.17) is 35.5 Å². The highest BCUT2D eigenvalue weighted by atomic mass is 35.5. The van der Waals surface area contributed by atoms with Crippen molar-refractivity contribution in [2.24, 2.45) is 11.5 Å². The molecule has 4 fully saturated rings. The van der Waals surface area contributed by atoms with Gasteiger partial charge >= 0.3 is 12.2 Å². The van der Waals surface area contributed by atoms with Crippen LogP contribution in [0.1, 0.15) is 92.9 Å². The molecule has 41 heavy (non-hydrogen) atoms. The summed E-state index contributed by atoms with van der Waals surface area (Å²) in [5.74, 6) is 0. The molecule has 0 aromatic heterocycles. The standard InChI is InChI=1S/C10H19NO3.C9H17NO3.C5H11NO.C4H9NO.ClH/c1-9(2,3)14-8(12)11-7-10(13-4)5-6-10;1-8(2,3)13-7(11)10-6-9(12)4-5-9;1-7-5(4-6)2-3-5;5-3-4(6)1-2-4;/h5-7H2,1-4H3,(H,11,12);12H,4-6H2,1-3H3,(H,10,11);2-4,6H2,1H3;6H,1-3,5H2;1H. The number of halogens is 1. The summed E-state index contributed by atoms with van der Waals surface area (Å²) < 4.78 is 20.4. The number of carbonyl (C=O) groups excluding carboxylic acids is 2. The largest absolute Gasteiger partial charge is 0.444 e. The Labute approximate surface area is 252 Å². The van der Waals surface area contributed by atoms with Gasteiger partial charge in [0, 0.05) is 40.4 Å². The van der Waals surface area contributed by atoms with Crippen LogP contribution in [0, 0.1) is 0 Å². The molecule has 4 saturated carbocycles. The molecule has 4 rings (SSSR count). The fourth-order valence-electron chi connectivity index (χ4n) is 2.99. The van der Waals surface area contributed by atoms with E-state index in [1.165, 1.54) is 0 Å². The average Bonchev–Trinajstić information content (AvgIpc) is 3.69. The third kappa shape index (κ3) is 18.7. The van der Waals surface area contributed by atoms with E-state index in [1.807, 2.05) is 20.8 Å². The first-order valence-corrected chi connectivity index (χ1v) is 14.2. The van der Waals surface area contributed by atoms with Crippen molar-refractivity contribution in [3.63, 3.8) is 0 Å². The van der Waals surface area contributed by atoms with Gasteiger partial charge < -0.3 is 51.3 Å². The van der Waals surface area contributed by atoms with Crippen molar-refractivity contribution < 1.29 is 38.7 Å². The minimum absolute atomic E-state index is 0. The molecule has 0 aromatic rings. The fourth-order valence-corrected chi connectivity index (χ4v) is 2.99. The number of ether oxygens (including phenoxy) is 4. The van der Waals surface area contributed by atoms with Crippen LogP contribution in [0.25, 0.3) is 0 Å². The van der Waals surface area contributed by atoms with Gasteiger partial charge in [-0.15, -0.1) is 12.4 Å². The van der Waals surface area contributed by atoms with Crippen molar-refractivity contribution in [1.82, 2.24) is 10.6 Å². The lowest BCUT2D eigenvalue weighted by molar-refractivity contribution is 0.0414. The van der Waals surface area contributed by atoms with Crippen LogP contribution in [0.4, 0.5) is 9.59 Å². The highest BCUT2D eigenvalue weighted by Crippen LogP contribution is 2.38. The SMILES string of the molecule is CC(C)(C)OC(=O)NCC1(O)CC1.COC1(CN)CC1.COC1(CNC(=O)OC(C)(C)C)CC1.Cl.NCC1(O)CC1. The Morgan fingerprint density at radius 2 is 1.02 bits per heavy atom. The molecule has 244 valence electrons. The minimum Gasteiger partial charge on any atom is -0.444 e. The van der Waals surface area contributed by atoms with Crippen molar-refractivity contribution >= 4 is 24.6 Å². The molecule has 0 aliphatic heterocycles. The Hall–Kier alpha value is -1.41. The average molecular weight is 613 g/mol. The smallest absolute Gasteiger partial charge is 0.407 e. The van der Waals surface area contributed by atoms with E-state index in [2.05, 4.69) is 10.6 Å². The van der Waals surface area contributed by atoms with Crippen LogP contribution in [0.15, 0.2) is 0 Å². The number of hydrogen-bond acceptors (Lipinski definition) is 10. The molecule has 13 heteroatoms. The summed E-state index contributed by atoms with van der Waals surface area (Å²) in [6, 6.07) is 0. The van der Waals surface area contributed by atoms with Crippen LogP contribution in [0.2, 0.25) is 0 Å². The Kier molecular flexibility index (Phi) is 15.3. The Balaban J connectivity index is 0.000000544. The summed E-state index contributed by atoms with van der Waals surface area (Å²) in [4.78, 5) is 22.3. The van der Waals surface area contributed by atoms with E-state index in [1.54, 1.807) is 35.0 Å². The summed E-state index contributed by atoms with van der Waals surface area (Å²) in [5, 5.41) is 23.5. The molecule has 0 heterocycles. The molecule has 0 aromatic carbocycles. The predicted molar refractivity (Wildman–Crippen MR) is 160 cm³/mol. The lowest BCUT2D eigenvalue weighted by Gasteiger charge is -2.21. The van der Waals surface area contributed by atoms with E-state index < -0.39 is 28.5 Å². The number of carbonyl (C=O) groups is 2. The van der Waals surface area contributed by atoms with Crippen molar-refractivity contribution in [2.45, 2.75) is 127 Å². The van der Waals surface area contributed by atoms with Crippen molar-refractivity contribution in [2.75, 3.05) is 40.4 Å². The van der Waals surface area contributed by atoms with Gasteiger partial charge in [-0.3, -0.25) is 0 Å². The first-order chi connectivity index (χ1) is 18.3. The number of methoxy groups -OCH3 is 2. The molecule has 0 radical (unpaired) electrons. The Bertz CT molecular complexity index is 794. The summed E-state index contributed by atoms with van der Waals surface area (Å²) in [7, 11) is 3.39. The van der Waals surface area contributed by atoms with E-state index >= 15 is 0 Å². The van der Waals surface area contributed by atoms with Crippen molar-refractivity contribution in [3.8, 4) is 0 Å². The predicted octanol–water partition coefficient (Wildman–Crippen LogP) is 2.74. The number of aliphatic hydroxyl groups is 2. The Morgan fingerprint density at radius 3 is 1.22 bits per heavy atom.